The lowest BCUT2D eigenvalue weighted by Crippen LogP contribution is -2.49. The number of amides is 1. The quantitative estimate of drug-likeness (QED) is 0.856. The van der Waals surface area contributed by atoms with Gasteiger partial charge in [0.25, 0.3) is 0 Å². The summed E-state index contributed by atoms with van der Waals surface area (Å²) in [5.74, 6) is 0.738. The minimum atomic E-state index is 0.162. The number of nitriles is 1. The first kappa shape index (κ1) is 15.4. The van der Waals surface area contributed by atoms with Crippen molar-refractivity contribution in [1.82, 2.24) is 14.9 Å². The van der Waals surface area contributed by atoms with Crippen LogP contribution in [0.15, 0.2) is 23.6 Å². The van der Waals surface area contributed by atoms with Gasteiger partial charge in [-0.1, -0.05) is 6.07 Å². The number of aryl methyl sites for hydroxylation is 1. The standard InChI is InChI=1S/C16H17N5OS/c1-12-9-13(11-17)19-16(18-12)21-6-4-20(5-7-21)15(22)10-14-3-2-8-23-14/h2-3,8-9H,4-7,10H2,1H3. The van der Waals surface area contributed by atoms with Crippen molar-refractivity contribution in [2.75, 3.05) is 31.1 Å². The Bertz CT molecular complexity index is 729. The van der Waals surface area contributed by atoms with Gasteiger partial charge in [-0.2, -0.15) is 5.26 Å². The number of carbonyl (C=O) groups is 1. The number of thiophene rings is 1. The average Bonchev–Trinajstić information content (AvgIpc) is 3.07. The van der Waals surface area contributed by atoms with Crippen LogP contribution in [0.5, 0.6) is 0 Å². The van der Waals surface area contributed by atoms with E-state index in [2.05, 4.69) is 16.0 Å². The fourth-order valence-corrected chi connectivity index (χ4v) is 3.28. The van der Waals surface area contributed by atoms with E-state index in [-0.39, 0.29) is 5.91 Å². The Kier molecular flexibility index (Phi) is 4.53. The Hall–Kier alpha value is -2.46. The first-order chi connectivity index (χ1) is 11.2. The third-order valence-electron chi connectivity index (χ3n) is 3.78. The number of piperazine rings is 1. The van der Waals surface area contributed by atoms with Gasteiger partial charge in [0.2, 0.25) is 11.9 Å². The highest BCUT2D eigenvalue weighted by molar-refractivity contribution is 7.10. The number of rotatable bonds is 3. The summed E-state index contributed by atoms with van der Waals surface area (Å²) >= 11 is 1.61. The Morgan fingerprint density at radius 2 is 2.13 bits per heavy atom. The maximum atomic E-state index is 12.3. The largest absolute Gasteiger partial charge is 0.339 e. The first-order valence-electron chi connectivity index (χ1n) is 7.46. The van der Waals surface area contributed by atoms with E-state index in [1.807, 2.05) is 34.2 Å². The zero-order valence-corrected chi connectivity index (χ0v) is 13.7. The summed E-state index contributed by atoms with van der Waals surface area (Å²) in [4.78, 5) is 26.0. The van der Waals surface area contributed by atoms with Crippen LogP contribution < -0.4 is 4.90 Å². The molecule has 2 aromatic heterocycles. The van der Waals surface area contributed by atoms with Crippen LogP contribution in [0.2, 0.25) is 0 Å². The molecule has 118 valence electrons. The number of anilines is 1. The van der Waals surface area contributed by atoms with Gasteiger partial charge in [0.1, 0.15) is 11.8 Å². The number of carbonyl (C=O) groups excluding carboxylic acids is 1. The molecule has 0 aliphatic carbocycles. The summed E-state index contributed by atoms with van der Waals surface area (Å²) in [6, 6.07) is 7.68. The van der Waals surface area contributed by atoms with E-state index in [1.54, 1.807) is 17.4 Å². The molecular weight excluding hydrogens is 310 g/mol. The van der Waals surface area contributed by atoms with Crippen LogP contribution >= 0.6 is 11.3 Å². The van der Waals surface area contributed by atoms with Gasteiger partial charge in [-0.05, 0) is 24.4 Å². The second-order valence-corrected chi connectivity index (χ2v) is 6.46. The second kappa shape index (κ2) is 6.75. The van der Waals surface area contributed by atoms with Gasteiger partial charge < -0.3 is 9.80 Å². The molecule has 0 N–H and O–H groups in total. The highest BCUT2D eigenvalue weighted by Gasteiger charge is 2.23. The number of aromatic nitrogens is 2. The van der Waals surface area contributed by atoms with E-state index in [9.17, 15) is 4.79 Å². The number of hydrogen-bond acceptors (Lipinski definition) is 6. The topological polar surface area (TPSA) is 73.1 Å². The molecule has 1 fully saturated rings. The number of hydrogen-bond donors (Lipinski definition) is 0. The summed E-state index contributed by atoms with van der Waals surface area (Å²) in [7, 11) is 0. The smallest absolute Gasteiger partial charge is 0.227 e. The van der Waals surface area contributed by atoms with Gasteiger partial charge in [-0.25, -0.2) is 9.97 Å². The summed E-state index contributed by atoms with van der Waals surface area (Å²) in [6.45, 7) is 4.54. The monoisotopic (exact) mass is 327 g/mol. The molecule has 0 spiro atoms. The fraction of sp³-hybridized carbons (Fsp3) is 0.375. The molecule has 6 nitrogen and oxygen atoms in total. The molecule has 0 bridgehead atoms. The van der Waals surface area contributed by atoms with Crippen molar-refractivity contribution in [1.29, 1.82) is 5.26 Å². The molecule has 1 aliphatic rings. The van der Waals surface area contributed by atoms with Crippen LogP contribution in [0.25, 0.3) is 0 Å². The molecule has 2 aromatic rings. The zero-order valence-electron chi connectivity index (χ0n) is 12.9. The van der Waals surface area contributed by atoms with E-state index in [4.69, 9.17) is 5.26 Å². The molecule has 7 heteroatoms. The molecule has 23 heavy (non-hydrogen) atoms. The van der Waals surface area contributed by atoms with Crippen LogP contribution in [-0.4, -0.2) is 47.0 Å². The Morgan fingerprint density at radius 1 is 1.35 bits per heavy atom. The molecule has 0 radical (unpaired) electrons. The molecule has 0 unspecified atom stereocenters. The van der Waals surface area contributed by atoms with Gasteiger partial charge in [0.05, 0.1) is 6.42 Å². The third kappa shape index (κ3) is 3.66. The minimum Gasteiger partial charge on any atom is -0.339 e. The van der Waals surface area contributed by atoms with Crippen molar-refractivity contribution in [2.24, 2.45) is 0 Å². The molecule has 0 aromatic carbocycles. The lowest BCUT2D eigenvalue weighted by molar-refractivity contribution is -0.130. The van der Waals surface area contributed by atoms with Crippen LogP contribution in [0.4, 0.5) is 5.95 Å². The Morgan fingerprint density at radius 3 is 2.78 bits per heavy atom. The Balaban J connectivity index is 1.61. The first-order valence-corrected chi connectivity index (χ1v) is 8.34. The summed E-state index contributed by atoms with van der Waals surface area (Å²) < 4.78 is 0. The van der Waals surface area contributed by atoms with E-state index in [0.717, 1.165) is 10.6 Å². The van der Waals surface area contributed by atoms with Crippen molar-refractivity contribution in [2.45, 2.75) is 13.3 Å². The van der Waals surface area contributed by atoms with Crippen molar-refractivity contribution in [3.05, 3.63) is 39.8 Å². The molecule has 3 rings (SSSR count). The van der Waals surface area contributed by atoms with Crippen molar-refractivity contribution in [3.63, 3.8) is 0 Å². The van der Waals surface area contributed by atoms with Crippen LogP contribution in [-0.2, 0) is 11.2 Å². The molecular formula is C16H17N5OS. The molecule has 0 saturated carbocycles. The maximum absolute atomic E-state index is 12.3. The predicted molar refractivity (Wildman–Crippen MR) is 88.3 cm³/mol. The molecule has 1 saturated heterocycles. The molecule has 1 amide bonds. The maximum Gasteiger partial charge on any atom is 0.227 e. The Labute approximate surface area is 139 Å². The van der Waals surface area contributed by atoms with Crippen LogP contribution in [0, 0.1) is 18.3 Å². The van der Waals surface area contributed by atoms with Crippen LogP contribution in [0.3, 0.4) is 0 Å². The average molecular weight is 327 g/mol. The van der Waals surface area contributed by atoms with Gasteiger partial charge in [-0.15, -0.1) is 11.3 Å². The third-order valence-corrected chi connectivity index (χ3v) is 4.65. The molecule has 1 aliphatic heterocycles. The van der Waals surface area contributed by atoms with E-state index < -0.39 is 0 Å². The SMILES string of the molecule is Cc1cc(C#N)nc(N2CCN(C(=O)Cc3cccs3)CC2)n1. The van der Waals surface area contributed by atoms with Gasteiger partial charge >= 0.3 is 0 Å². The summed E-state index contributed by atoms with van der Waals surface area (Å²) in [5, 5.41) is 11.0. The second-order valence-electron chi connectivity index (χ2n) is 5.43. The van der Waals surface area contributed by atoms with Gasteiger partial charge in [0.15, 0.2) is 0 Å². The summed E-state index contributed by atoms with van der Waals surface area (Å²) in [6.07, 6.45) is 0.469. The normalized spacial score (nSPS) is 14.6. The highest BCUT2D eigenvalue weighted by atomic mass is 32.1. The summed E-state index contributed by atoms with van der Waals surface area (Å²) in [5.41, 5.74) is 1.16. The number of nitrogens with zero attached hydrogens (tertiary/aromatic N) is 5. The predicted octanol–water partition coefficient (Wildman–Crippen LogP) is 1.61. The molecule has 0 atom stereocenters. The fourth-order valence-electron chi connectivity index (χ4n) is 2.58. The zero-order chi connectivity index (χ0) is 16.2. The van der Waals surface area contributed by atoms with Crippen molar-refractivity contribution >= 4 is 23.2 Å². The van der Waals surface area contributed by atoms with E-state index in [1.165, 1.54) is 0 Å². The van der Waals surface area contributed by atoms with Crippen molar-refractivity contribution < 1.29 is 4.79 Å². The van der Waals surface area contributed by atoms with Crippen molar-refractivity contribution in [3.8, 4) is 6.07 Å². The highest BCUT2D eigenvalue weighted by Crippen LogP contribution is 2.15. The van der Waals surface area contributed by atoms with E-state index >= 15 is 0 Å². The van der Waals surface area contributed by atoms with Gasteiger partial charge in [0, 0.05) is 36.8 Å². The lowest BCUT2D eigenvalue weighted by Gasteiger charge is -2.34. The lowest BCUT2D eigenvalue weighted by atomic mass is 10.2. The van der Waals surface area contributed by atoms with E-state index in [0.29, 0.717) is 44.2 Å². The molecule has 3 heterocycles. The van der Waals surface area contributed by atoms with Crippen LogP contribution in [0.1, 0.15) is 16.3 Å². The van der Waals surface area contributed by atoms with Gasteiger partial charge in [-0.3, -0.25) is 4.79 Å². The minimum absolute atomic E-state index is 0.162.